The van der Waals surface area contributed by atoms with Gasteiger partial charge in [0.25, 0.3) is 0 Å². The van der Waals surface area contributed by atoms with Crippen LogP contribution in [0.15, 0.2) is 23.2 Å². The van der Waals surface area contributed by atoms with Crippen molar-refractivity contribution in [2.75, 3.05) is 48.1 Å². The summed E-state index contributed by atoms with van der Waals surface area (Å²) in [5.74, 6) is 2.56. The van der Waals surface area contributed by atoms with Gasteiger partial charge in [0, 0.05) is 33.9 Å². The molecule has 146 valence electrons. The van der Waals surface area contributed by atoms with E-state index in [-0.39, 0.29) is 0 Å². The second-order valence-electron chi connectivity index (χ2n) is 6.88. The van der Waals surface area contributed by atoms with Crippen LogP contribution in [0.5, 0.6) is 11.5 Å². The summed E-state index contributed by atoms with van der Waals surface area (Å²) in [5, 5.41) is 6.88. The summed E-state index contributed by atoms with van der Waals surface area (Å²) in [7, 11) is 6.95. The Morgan fingerprint density at radius 1 is 1.15 bits per heavy atom. The Hall–Kier alpha value is -1.95. The molecule has 1 fully saturated rings. The summed E-state index contributed by atoms with van der Waals surface area (Å²) in [6, 6.07) is 5.87. The maximum absolute atomic E-state index is 5.44. The number of guanidine groups is 1. The number of aliphatic imine (C=N–C) groups is 1. The molecule has 1 aliphatic rings. The largest absolute Gasteiger partial charge is 0.497 e. The molecule has 1 saturated carbocycles. The lowest BCUT2D eigenvalue weighted by molar-refractivity contribution is 0.0732. The lowest BCUT2D eigenvalue weighted by atomic mass is 9.67. The highest BCUT2D eigenvalue weighted by molar-refractivity contribution is 5.79. The zero-order valence-corrected chi connectivity index (χ0v) is 16.6. The smallest absolute Gasteiger partial charge is 0.191 e. The van der Waals surface area contributed by atoms with Crippen LogP contribution < -0.4 is 20.1 Å². The number of nitrogens with one attached hydrogen (secondary N) is 2. The summed E-state index contributed by atoms with van der Waals surface area (Å²) in [6.45, 7) is 2.54. The van der Waals surface area contributed by atoms with E-state index < -0.39 is 0 Å². The van der Waals surface area contributed by atoms with E-state index in [0.29, 0.717) is 5.41 Å². The Balaban J connectivity index is 1.82. The first-order valence-corrected chi connectivity index (χ1v) is 9.31. The lowest BCUT2D eigenvalue weighted by Gasteiger charge is -2.42. The quantitative estimate of drug-likeness (QED) is 0.494. The topological polar surface area (TPSA) is 64.1 Å². The molecular weight excluding hydrogens is 330 g/mol. The minimum atomic E-state index is 0.365. The van der Waals surface area contributed by atoms with Gasteiger partial charge < -0.3 is 24.8 Å². The van der Waals surface area contributed by atoms with E-state index >= 15 is 0 Å². The van der Waals surface area contributed by atoms with Crippen LogP contribution >= 0.6 is 0 Å². The third-order valence-electron chi connectivity index (χ3n) is 5.28. The van der Waals surface area contributed by atoms with Crippen LogP contribution in [0.2, 0.25) is 0 Å². The van der Waals surface area contributed by atoms with Gasteiger partial charge in [-0.15, -0.1) is 0 Å². The minimum absolute atomic E-state index is 0.365. The van der Waals surface area contributed by atoms with Crippen molar-refractivity contribution in [3.05, 3.63) is 23.8 Å². The Morgan fingerprint density at radius 3 is 2.54 bits per heavy atom. The van der Waals surface area contributed by atoms with Crippen molar-refractivity contribution >= 4 is 5.96 Å². The molecule has 2 rings (SSSR count). The van der Waals surface area contributed by atoms with Crippen LogP contribution in [0, 0.1) is 5.41 Å². The Bertz CT molecular complexity index is 586. The molecule has 0 radical (unpaired) electrons. The Labute approximate surface area is 157 Å². The Kier molecular flexibility index (Phi) is 8.04. The van der Waals surface area contributed by atoms with Gasteiger partial charge in [-0.05, 0) is 54.9 Å². The summed E-state index contributed by atoms with van der Waals surface area (Å²) in [6.07, 6.45) is 5.78. The van der Waals surface area contributed by atoms with Crippen LogP contribution in [-0.2, 0) is 11.2 Å². The predicted molar refractivity (Wildman–Crippen MR) is 105 cm³/mol. The first kappa shape index (κ1) is 20.4. The van der Waals surface area contributed by atoms with Gasteiger partial charge in [-0.1, -0.05) is 6.42 Å². The fourth-order valence-corrected chi connectivity index (χ4v) is 3.40. The molecular formula is C20H33N3O3. The molecule has 0 amide bonds. The highest BCUT2D eigenvalue weighted by Crippen LogP contribution is 2.43. The van der Waals surface area contributed by atoms with Crippen molar-refractivity contribution in [2.45, 2.75) is 32.1 Å². The van der Waals surface area contributed by atoms with Crippen molar-refractivity contribution in [3.8, 4) is 11.5 Å². The van der Waals surface area contributed by atoms with Gasteiger partial charge in [-0.25, -0.2) is 0 Å². The fourth-order valence-electron chi connectivity index (χ4n) is 3.40. The van der Waals surface area contributed by atoms with Gasteiger partial charge in [-0.2, -0.15) is 0 Å². The molecule has 0 aliphatic heterocycles. The number of rotatable bonds is 10. The second-order valence-corrected chi connectivity index (χ2v) is 6.88. The standard InChI is InChI=1S/C20H33N3O3/c1-21-19(23-15-20(9-5-10-20)11-13-24-2)22-12-8-16-14-17(25-3)6-7-18(16)26-4/h6-7,14H,5,8-13,15H2,1-4H3,(H2,21,22,23). The molecule has 1 aromatic rings. The SMILES string of the molecule is CN=C(NCCc1cc(OC)ccc1OC)NCC1(CCOC)CCC1. The lowest BCUT2D eigenvalue weighted by Crippen LogP contribution is -2.47. The van der Waals surface area contributed by atoms with E-state index in [2.05, 4.69) is 15.6 Å². The van der Waals surface area contributed by atoms with Gasteiger partial charge >= 0.3 is 0 Å². The zero-order valence-electron chi connectivity index (χ0n) is 16.6. The van der Waals surface area contributed by atoms with Crippen molar-refractivity contribution in [3.63, 3.8) is 0 Å². The molecule has 0 unspecified atom stereocenters. The number of ether oxygens (including phenoxy) is 3. The van der Waals surface area contributed by atoms with Crippen LogP contribution in [0.25, 0.3) is 0 Å². The van der Waals surface area contributed by atoms with Gasteiger partial charge in [-0.3, -0.25) is 4.99 Å². The number of methoxy groups -OCH3 is 3. The summed E-state index contributed by atoms with van der Waals surface area (Å²) in [5.41, 5.74) is 1.48. The molecule has 1 aliphatic carbocycles. The summed E-state index contributed by atoms with van der Waals surface area (Å²) in [4.78, 5) is 4.34. The number of hydrogen-bond donors (Lipinski definition) is 2. The second kappa shape index (κ2) is 10.3. The molecule has 0 heterocycles. The Morgan fingerprint density at radius 2 is 1.96 bits per heavy atom. The average molecular weight is 364 g/mol. The van der Waals surface area contributed by atoms with E-state index in [1.165, 1.54) is 19.3 Å². The monoisotopic (exact) mass is 363 g/mol. The summed E-state index contributed by atoms with van der Waals surface area (Å²) >= 11 is 0. The predicted octanol–water partition coefficient (Wildman–Crippen LogP) is 2.62. The van der Waals surface area contributed by atoms with Gasteiger partial charge in [0.2, 0.25) is 0 Å². The first-order valence-electron chi connectivity index (χ1n) is 9.31. The van der Waals surface area contributed by atoms with Crippen LogP contribution in [0.1, 0.15) is 31.2 Å². The molecule has 0 bridgehead atoms. The molecule has 2 N–H and O–H groups in total. The van der Waals surface area contributed by atoms with E-state index in [1.807, 2.05) is 25.2 Å². The fraction of sp³-hybridized carbons (Fsp3) is 0.650. The molecule has 6 nitrogen and oxygen atoms in total. The van der Waals surface area contributed by atoms with Gasteiger partial charge in [0.1, 0.15) is 11.5 Å². The molecule has 0 atom stereocenters. The molecule has 26 heavy (non-hydrogen) atoms. The van der Waals surface area contributed by atoms with Crippen molar-refractivity contribution in [1.29, 1.82) is 0 Å². The van der Waals surface area contributed by atoms with Crippen LogP contribution in [0.4, 0.5) is 0 Å². The van der Waals surface area contributed by atoms with Gasteiger partial charge in [0.15, 0.2) is 5.96 Å². The maximum atomic E-state index is 5.44. The average Bonchev–Trinajstić information content (AvgIpc) is 2.65. The van der Waals surface area contributed by atoms with Crippen molar-refractivity contribution < 1.29 is 14.2 Å². The van der Waals surface area contributed by atoms with Crippen molar-refractivity contribution in [2.24, 2.45) is 10.4 Å². The molecule has 1 aromatic carbocycles. The van der Waals surface area contributed by atoms with E-state index in [9.17, 15) is 0 Å². The van der Waals surface area contributed by atoms with Gasteiger partial charge in [0.05, 0.1) is 14.2 Å². The normalized spacial score (nSPS) is 15.9. The van der Waals surface area contributed by atoms with Crippen LogP contribution in [0.3, 0.4) is 0 Å². The first-order chi connectivity index (χ1) is 12.7. The van der Waals surface area contributed by atoms with E-state index in [0.717, 1.165) is 55.6 Å². The molecule has 0 spiro atoms. The minimum Gasteiger partial charge on any atom is -0.497 e. The van der Waals surface area contributed by atoms with E-state index in [4.69, 9.17) is 14.2 Å². The zero-order chi connectivity index (χ0) is 18.8. The maximum Gasteiger partial charge on any atom is 0.191 e. The van der Waals surface area contributed by atoms with Crippen molar-refractivity contribution in [1.82, 2.24) is 10.6 Å². The highest BCUT2D eigenvalue weighted by Gasteiger charge is 2.36. The highest BCUT2D eigenvalue weighted by atomic mass is 16.5. The third-order valence-corrected chi connectivity index (χ3v) is 5.28. The van der Waals surface area contributed by atoms with Crippen LogP contribution in [-0.4, -0.2) is 54.0 Å². The molecule has 6 heteroatoms. The molecule has 0 aromatic heterocycles. The third kappa shape index (κ3) is 5.53. The number of hydrogen-bond acceptors (Lipinski definition) is 4. The number of benzene rings is 1. The molecule has 0 saturated heterocycles. The summed E-state index contributed by atoms with van der Waals surface area (Å²) < 4.78 is 16.0. The number of nitrogens with zero attached hydrogens (tertiary/aromatic N) is 1. The van der Waals surface area contributed by atoms with E-state index in [1.54, 1.807) is 21.3 Å².